The van der Waals surface area contributed by atoms with Crippen LogP contribution in [0.3, 0.4) is 0 Å². The second-order valence-electron chi connectivity index (χ2n) is 14.9. The molecule has 57 heavy (non-hydrogen) atoms. The van der Waals surface area contributed by atoms with Crippen LogP contribution >= 0.6 is 7.82 Å². The maximum atomic E-state index is 12.4. The molecule has 1 aliphatic rings. The van der Waals surface area contributed by atoms with Crippen LogP contribution in [-0.2, 0) is 28.2 Å². The molecule has 0 spiro atoms. The number of esters is 2. The highest BCUT2D eigenvalue weighted by atomic mass is 31.2. The van der Waals surface area contributed by atoms with Gasteiger partial charge >= 0.3 is 19.8 Å². The quantitative estimate of drug-likeness (QED) is 0.0181. The standard InChI is InChI=1S/C45H75O11P/c1-3-5-7-8-9-10-11-12-13-14-15-16-17-18-19-20-21-22-28-32-45(50)56-39(37-55-57(51,52)53)36-54-44(49)31-27-24-23-26-30-40-41(43(48)35-42(40)47)34-33-38(46)29-25-6-4-2/h9-10,12-13,15-16,18-19,21-22,33-34,38-43,46-48H,3-8,11,14,17,20,23-32,35-37H2,1-2H3,(H2,51,52,53)/b10-9-,13-12-,16-15-,19-18-,22-21-,34-33+/t38-,39+,40+,41+,42-,43+/m0/s1. The van der Waals surface area contributed by atoms with E-state index in [9.17, 15) is 29.5 Å². The Hall–Kier alpha value is -2.63. The number of carbonyl (C=O) groups is 2. The van der Waals surface area contributed by atoms with E-state index < -0.39 is 57.4 Å². The molecule has 1 rings (SSSR count). The molecule has 11 nitrogen and oxygen atoms in total. The van der Waals surface area contributed by atoms with Crippen LogP contribution < -0.4 is 0 Å². The molecule has 0 radical (unpaired) electrons. The molecule has 0 heterocycles. The Morgan fingerprint density at radius 3 is 1.88 bits per heavy atom. The van der Waals surface area contributed by atoms with Crippen molar-refractivity contribution in [1.82, 2.24) is 0 Å². The van der Waals surface area contributed by atoms with E-state index in [1.807, 2.05) is 24.3 Å². The number of aliphatic hydroxyl groups is 3. The average Bonchev–Trinajstić information content (AvgIpc) is 3.44. The summed E-state index contributed by atoms with van der Waals surface area (Å²) >= 11 is 0. The van der Waals surface area contributed by atoms with Crippen LogP contribution in [0.1, 0.15) is 149 Å². The number of carbonyl (C=O) groups excluding carboxylic acids is 2. The molecular formula is C45H75O11P. The van der Waals surface area contributed by atoms with Crippen molar-refractivity contribution < 1.29 is 53.3 Å². The highest BCUT2D eigenvalue weighted by Gasteiger charge is 2.39. The number of phosphoric ester groups is 1. The third-order valence-corrected chi connectivity index (χ3v) is 10.3. The summed E-state index contributed by atoms with van der Waals surface area (Å²) in [5.41, 5.74) is 0. The minimum Gasteiger partial charge on any atom is -0.462 e. The Bertz CT molecular complexity index is 1270. The number of unbranched alkanes of at least 4 members (excludes halogenated alkanes) is 8. The molecule has 0 amide bonds. The van der Waals surface area contributed by atoms with Crippen molar-refractivity contribution in [3.05, 3.63) is 72.9 Å². The van der Waals surface area contributed by atoms with E-state index in [4.69, 9.17) is 19.3 Å². The highest BCUT2D eigenvalue weighted by molar-refractivity contribution is 7.46. The van der Waals surface area contributed by atoms with Gasteiger partial charge in [-0.3, -0.25) is 14.1 Å². The van der Waals surface area contributed by atoms with E-state index in [1.165, 1.54) is 19.3 Å². The fourth-order valence-electron chi connectivity index (χ4n) is 6.57. The van der Waals surface area contributed by atoms with Gasteiger partial charge in [-0.05, 0) is 70.1 Å². The van der Waals surface area contributed by atoms with Crippen molar-refractivity contribution in [2.45, 2.75) is 173 Å². The van der Waals surface area contributed by atoms with Crippen LogP contribution in [0.25, 0.3) is 0 Å². The molecule has 6 atom stereocenters. The zero-order valence-electron chi connectivity index (χ0n) is 34.8. The Morgan fingerprint density at radius 2 is 1.26 bits per heavy atom. The first-order valence-corrected chi connectivity index (χ1v) is 23.0. The predicted molar refractivity (Wildman–Crippen MR) is 227 cm³/mol. The molecule has 0 aromatic carbocycles. The summed E-state index contributed by atoms with van der Waals surface area (Å²) in [4.78, 5) is 43.1. The molecule has 12 heteroatoms. The van der Waals surface area contributed by atoms with Crippen LogP contribution in [0.4, 0.5) is 0 Å². The van der Waals surface area contributed by atoms with Crippen molar-refractivity contribution in [1.29, 1.82) is 0 Å². The molecule has 1 fully saturated rings. The first-order chi connectivity index (χ1) is 27.5. The first-order valence-electron chi connectivity index (χ1n) is 21.5. The number of hydrogen-bond acceptors (Lipinski definition) is 9. The average molecular weight is 823 g/mol. The smallest absolute Gasteiger partial charge is 0.462 e. The monoisotopic (exact) mass is 823 g/mol. The van der Waals surface area contributed by atoms with E-state index in [0.717, 1.165) is 77.0 Å². The number of phosphoric acid groups is 1. The number of rotatable bonds is 34. The third-order valence-electron chi connectivity index (χ3n) is 9.81. The summed E-state index contributed by atoms with van der Waals surface area (Å²) in [5, 5.41) is 31.2. The molecule has 0 unspecified atom stereocenters. The Morgan fingerprint density at radius 1 is 0.684 bits per heavy atom. The maximum absolute atomic E-state index is 12.4. The van der Waals surface area contributed by atoms with Crippen molar-refractivity contribution in [3.63, 3.8) is 0 Å². The van der Waals surface area contributed by atoms with Gasteiger partial charge in [0, 0.05) is 25.2 Å². The molecule has 5 N–H and O–H groups in total. The lowest BCUT2D eigenvalue weighted by atomic mass is 9.88. The van der Waals surface area contributed by atoms with E-state index in [0.29, 0.717) is 25.7 Å². The van der Waals surface area contributed by atoms with Gasteiger partial charge in [0.2, 0.25) is 0 Å². The second kappa shape index (κ2) is 34.3. The molecule has 1 saturated carbocycles. The lowest BCUT2D eigenvalue weighted by Gasteiger charge is -2.21. The lowest BCUT2D eigenvalue weighted by Crippen LogP contribution is -2.29. The summed E-state index contributed by atoms with van der Waals surface area (Å²) in [6.07, 6.45) is 38.4. The summed E-state index contributed by atoms with van der Waals surface area (Å²) in [5.74, 6) is -1.42. The van der Waals surface area contributed by atoms with Crippen LogP contribution in [0.2, 0.25) is 0 Å². The molecule has 0 aromatic heterocycles. The maximum Gasteiger partial charge on any atom is 0.469 e. The molecule has 0 aliphatic heterocycles. The highest BCUT2D eigenvalue weighted by Crippen LogP contribution is 2.37. The largest absolute Gasteiger partial charge is 0.469 e. The minimum atomic E-state index is -4.83. The summed E-state index contributed by atoms with van der Waals surface area (Å²) in [7, 11) is -4.83. The zero-order chi connectivity index (χ0) is 42.0. The van der Waals surface area contributed by atoms with Gasteiger partial charge in [-0.1, -0.05) is 138 Å². The lowest BCUT2D eigenvalue weighted by molar-refractivity contribution is -0.161. The molecule has 326 valence electrons. The van der Waals surface area contributed by atoms with Gasteiger partial charge in [0.25, 0.3) is 0 Å². The number of ether oxygens (including phenoxy) is 2. The van der Waals surface area contributed by atoms with E-state index in [-0.39, 0.29) is 24.7 Å². The zero-order valence-corrected chi connectivity index (χ0v) is 35.7. The fraction of sp³-hybridized carbons (Fsp3) is 0.689. The second-order valence-corrected chi connectivity index (χ2v) is 16.2. The summed E-state index contributed by atoms with van der Waals surface area (Å²) < 4.78 is 26.3. The van der Waals surface area contributed by atoms with E-state index in [1.54, 1.807) is 6.08 Å². The fourth-order valence-corrected chi connectivity index (χ4v) is 6.93. The summed E-state index contributed by atoms with van der Waals surface area (Å²) in [6.45, 7) is 3.31. The number of aliphatic hydroxyl groups excluding tert-OH is 3. The normalized spacial score (nSPS) is 20.3. The van der Waals surface area contributed by atoms with Crippen LogP contribution in [-0.4, -0.2) is 74.7 Å². The van der Waals surface area contributed by atoms with Crippen LogP contribution in [0.15, 0.2) is 72.9 Å². The van der Waals surface area contributed by atoms with Gasteiger partial charge < -0.3 is 34.6 Å². The number of allylic oxidation sites excluding steroid dienone is 10. The molecule has 0 saturated heterocycles. The minimum absolute atomic E-state index is 0.0420. The predicted octanol–water partition coefficient (Wildman–Crippen LogP) is 9.45. The third kappa shape index (κ3) is 30.1. The van der Waals surface area contributed by atoms with Gasteiger partial charge in [-0.15, -0.1) is 0 Å². The Labute approximate surface area is 343 Å². The van der Waals surface area contributed by atoms with Gasteiger partial charge in [-0.25, -0.2) is 4.57 Å². The van der Waals surface area contributed by atoms with Crippen molar-refractivity contribution in [2.75, 3.05) is 13.2 Å². The van der Waals surface area contributed by atoms with Crippen molar-refractivity contribution >= 4 is 19.8 Å². The van der Waals surface area contributed by atoms with Crippen LogP contribution in [0.5, 0.6) is 0 Å². The van der Waals surface area contributed by atoms with Gasteiger partial charge in [0.15, 0.2) is 6.10 Å². The molecule has 1 aliphatic carbocycles. The molecular weight excluding hydrogens is 747 g/mol. The number of hydrogen-bond donors (Lipinski definition) is 5. The molecule has 0 aromatic rings. The van der Waals surface area contributed by atoms with Gasteiger partial charge in [0.1, 0.15) is 6.61 Å². The van der Waals surface area contributed by atoms with Crippen molar-refractivity contribution in [3.8, 4) is 0 Å². The topological polar surface area (TPSA) is 180 Å². The molecule has 0 bridgehead atoms. The SMILES string of the molecule is CCCCC/C=C\C/C=C\C/C=C\C/C=C\C/C=C\CCC(=O)O[C@H](COC(=O)CCCCCC[C@@H]1[C@@H](/C=C/[C@@H](O)CCCCC)[C@H](O)C[C@@H]1O)COP(=O)(O)O. The first kappa shape index (κ1) is 52.4. The van der Waals surface area contributed by atoms with Crippen LogP contribution in [0, 0.1) is 11.8 Å². The van der Waals surface area contributed by atoms with Gasteiger partial charge in [-0.2, -0.15) is 0 Å². The summed E-state index contributed by atoms with van der Waals surface area (Å²) in [6, 6.07) is 0. The van der Waals surface area contributed by atoms with E-state index in [2.05, 4.69) is 60.9 Å². The van der Waals surface area contributed by atoms with E-state index >= 15 is 0 Å². The Balaban J connectivity index is 2.31. The Kier molecular flexibility index (Phi) is 31.5. The van der Waals surface area contributed by atoms with Gasteiger partial charge in [0.05, 0.1) is 24.9 Å². The van der Waals surface area contributed by atoms with Crippen molar-refractivity contribution in [2.24, 2.45) is 11.8 Å².